The Morgan fingerprint density at radius 1 is 0.966 bits per heavy atom. The number of carbonyl (C=O) groups excluding carboxylic acids is 2. The lowest BCUT2D eigenvalue weighted by Gasteiger charge is -2.19. The number of benzene rings is 2. The van der Waals surface area contributed by atoms with Crippen molar-refractivity contribution >= 4 is 28.8 Å². The number of nitrogens with one attached hydrogen (secondary N) is 2. The van der Waals surface area contributed by atoms with Crippen LogP contribution in [-0.2, 0) is 17.4 Å². The molecule has 4 nitrogen and oxygen atoms in total. The van der Waals surface area contributed by atoms with Crippen LogP contribution in [0.2, 0.25) is 0 Å². The van der Waals surface area contributed by atoms with Gasteiger partial charge in [0.15, 0.2) is 0 Å². The van der Waals surface area contributed by atoms with Crippen LogP contribution in [0.5, 0.6) is 0 Å². The first-order chi connectivity index (χ1) is 13.8. The van der Waals surface area contributed by atoms with E-state index in [-0.39, 0.29) is 12.1 Å². The largest absolute Gasteiger partial charge is 0.416 e. The van der Waals surface area contributed by atoms with E-state index >= 15 is 0 Å². The molecule has 1 atom stereocenters. The topological polar surface area (TPSA) is 58.2 Å². The fourth-order valence-corrected chi connectivity index (χ4v) is 3.33. The Bertz CT molecular complexity index is 973. The van der Waals surface area contributed by atoms with Gasteiger partial charge in [-0.25, -0.2) is 0 Å². The summed E-state index contributed by atoms with van der Waals surface area (Å²) in [6.45, 7) is 0. The summed E-state index contributed by atoms with van der Waals surface area (Å²) in [5.74, 6) is -1.02. The van der Waals surface area contributed by atoms with E-state index in [1.54, 1.807) is 29.6 Å². The number of thiophene rings is 1. The second-order valence-electron chi connectivity index (χ2n) is 6.26. The lowest BCUT2D eigenvalue weighted by molar-refractivity contribution is -0.137. The molecule has 0 aliphatic heterocycles. The highest BCUT2D eigenvalue weighted by atomic mass is 32.1. The van der Waals surface area contributed by atoms with Gasteiger partial charge in [-0.2, -0.15) is 13.2 Å². The molecule has 2 amide bonds. The maximum absolute atomic E-state index is 12.9. The Morgan fingerprint density at radius 2 is 1.72 bits per heavy atom. The maximum Gasteiger partial charge on any atom is 0.416 e. The summed E-state index contributed by atoms with van der Waals surface area (Å²) in [4.78, 5) is 25.6. The lowest BCUT2D eigenvalue weighted by atomic mass is 10.0. The average Bonchev–Trinajstić information content (AvgIpc) is 3.23. The van der Waals surface area contributed by atoms with Crippen LogP contribution in [0.1, 0.15) is 20.8 Å². The summed E-state index contributed by atoms with van der Waals surface area (Å²) in [6, 6.07) is 15.8. The molecule has 3 aromatic rings. The number of hydrogen-bond donors (Lipinski definition) is 2. The predicted octanol–water partition coefficient (Wildman–Crippen LogP) is 4.75. The van der Waals surface area contributed by atoms with Gasteiger partial charge in [0.25, 0.3) is 5.91 Å². The molecule has 150 valence electrons. The Hall–Kier alpha value is -3.13. The molecule has 0 radical (unpaired) electrons. The molecule has 8 heteroatoms. The van der Waals surface area contributed by atoms with Crippen molar-refractivity contribution in [1.82, 2.24) is 5.32 Å². The molecule has 0 saturated heterocycles. The van der Waals surface area contributed by atoms with Gasteiger partial charge in [0.2, 0.25) is 5.91 Å². The van der Waals surface area contributed by atoms with Crippen molar-refractivity contribution in [2.24, 2.45) is 0 Å². The van der Waals surface area contributed by atoms with Crippen LogP contribution in [0, 0.1) is 0 Å². The molecule has 2 aromatic carbocycles. The highest BCUT2D eigenvalue weighted by Gasteiger charge is 2.31. The third-order valence-electron chi connectivity index (χ3n) is 4.11. The van der Waals surface area contributed by atoms with Gasteiger partial charge in [-0.1, -0.05) is 42.5 Å². The monoisotopic (exact) mass is 418 g/mol. The molecule has 0 fully saturated rings. The zero-order valence-corrected chi connectivity index (χ0v) is 15.9. The molecule has 0 aliphatic rings. The van der Waals surface area contributed by atoms with Crippen molar-refractivity contribution in [3.05, 3.63) is 88.1 Å². The van der Waals surface area contributed by atoms with E-state index in [1.165, 1.54) is 23.5 Å². The maximum atomic E-state index is 12.9. The first-order valence-electron chi connectivity index (χ1n) is 8.69. The number of rotatable bonds is 6. The van der Waals surface area contributed by atoms with E-state index in [0.717, 1.165) is 17.7 Å². The summed E-state index contributed by atoms with van der Waals surface area (Å²) in [5, 5.41) is 6.89. The standard InChI is InChI=1S/C21H17F3N2O2S/c22-21(23,24)15-8-4-9-16(13-15)25-19(27)17(12-14-6-2-1-3-7-14)26-20(28)18-10-5-11-29-18/h1-11,13,17H,12H2,(H,25,27)(H,26,28)/t17-/m0/s1. The normalized spacial score (nSPS) is 12.2. The van der Waals surface area contributed by atoms with Gasteiger partial charge in [0.1, 0.15) is 6.04 Å². The van der Waals surface area contributed by atoms with E-state index in [2.05, 4.69) is 10.6 Å². The minimum absolute atomic E-state index is 0.00765. The van der Waals surface area contributed by atoms with Crippen molar-refractivity contribution in [1.29, 1.82) is 0 Å². The van der Waals surface area contributed by atoms with Crippen LogP contribution < -0.4 is 10.6 Å². The van der Waals surface area contributed by atoms with Crippen molar-refractivity contribution in [3.8, 4) is 0 Å². The Kier molecular flexibility index (Phi) is 6.33. The zero-order chi connectivity index (χ0) is 20.9. The number of anilines is 1. The predicted molar refractivity (Wildman–Crippen MR) is 106 cm³/mol. The summed E-state index contributed by atoms with van der Waals surface area (Å²) in [5.41, 5.74) is -0.0473. The van der Waals surface area contributed by atoms with Crippen LogP contribution in [0.3, 0.4) is 0 Å². The van der Waals surface area contributed by atoms with Crippen LogP contribution in [-0.4, -0.2) is 17.9 Å². The molecule has 0 aliphatic carbocycles. The van der Waals surface area contributed by atoms with Crippen LogP contribution in [0.15, 0.2) is 72.1 Å². The zero-order valence-electron chi connectivity index (χ0n) is 15.1. The summed E-state index contributed by atoms with van der Waals surface area (Å²) >= 11 is 1.23. The highest BCUT2D eigenvalue weighted by molar-refractivity contribution is 7.12. The van der Waals surface area contributed by atoms with Gasteiger partial charge in [-0.05, 0) is 35.2 Å². The summed E-state index contributed by atoms with van der Waals surface area (Å²) in [6.07, 6.45) is -4.32. The van der Waals surface area contributed by atoms with Gasteiger partial charge >= 0.3 is 6.18 Å². The molecule has 0 saturated carbocycles. The van der Waals surface area contributed by atoms with Gasteiger partial charge in [-0.15, -0.1) is 11.3 Å². The highest BCUT2D eigenvalue weighted by Crippen LogP contribution is 2.30. The second-order valence-corrected chi connectivity index (χ2v) is 7.21. The van der Waals surface area contributed by atoms with Gasteiger partial charge in [0, 0.05) is 12.1 Å². The Morgan fingerprint density at radius 3 is 2.38 bits per heavy atom. The fraction of sp³-hybridized carbons (Fsp3) is 0.143. The van der Waals surface area contributed by atoms with Gasteiger partial charge in [-0.3, -0.25) is 9.59 Å². The van der Waals surface area contributed by atoms with Crippen LogP contribution in [0.4, 0.5) is 18.9 Å². The van der Waals surface area contributed by atoms with Crippen LogP contribution >= 0.6 is 11.3 Å². The molecule has 0 bridgehead atoms. The van der Waals surface area contributed by atoms with Crippen molar-refractivity contribution in [3.63, 3.8) is 0 Å². The quantitative estimate of drug-likeness (QED) is 0.607. The molecule has 29 heavy (non-hydrogen) atoms. The van der Waals surface area contributed by atoms with Crippen molar-refractivity contribution in [2.45, 2.75) is 18.6 Å². The first kappa shape index (κ1) is 20.6. The average molecular weight is 418 g/mol. The fourth-order valence-electron chi connectivity index (χ4n) is 2.70. The second kappa shape index (κ2) is 8.91. The van der Waals surface area contributed by atoms with Gasteiger partial charge in [0.05, 0.1) is 10.4 Å². The number of carbonyl (C=O) groups is 2. The molecule has 0 unspecified atom stereocenters. The molecule has 1 heterocycles. The Balaban J connectivity index is 1.79. The van der Waals surface area contributed by atoms with E-state index < -0.39 is 29.6 Å². The third-order valence-corrected chi connectivity index (χ3v) is 4.98. The number of halogens is 3. The van der Waals surface area contributed by atoms with Crippen LogP contribution in [0.25, 0.3) is 0 Å². The lowest BCUT2D eigenvalue weighted by Crippen LogP contribution is -2.45. The van der Waals surface area contributed by atoms with E-state index in [9.17, 15) is 22.8 Å². The molecular formula is C21H17F3N2O2S. The van der Waals surface area contributed by atoms with Gasteiger partial charge < -0.3 is 10.6 Å². The third kappa shape index (κ3) is 5.68. The Labute approximate surface area is 169 Å². The molecule has 2 N–H and O–H groups in total. The van der Waals surface area contributed by atoms with Crippen molar-refractivity contribution in [2.75, 3.05) is 5.32 Å². The first-order valence-corrected chi connectivity index (χ1v) is 9.57. The SMILES string of the molecule is O=C(N[C@@H](Cc1ccccc1)C(=O)Nc1cccc(C(F)(F)F)c1)c1cccs1. The number of alkyl halides is 3. The minimum atomic E-state index is -4.52. The van der Waals surface area contributed by atoms with E-state index in [1.807, 2.05) is 18.2 Å². The molecule has 0 spiro atoms. The number of amides is 2. The van der Waals surface area contributed by atoms with Crippen molar-refractivity contribution < 1.29 is 22.8 Å². The number of hydrogen-bond acceptors (Lipinski definition) is 3. The molecule has 1 aromatic heterocycles. The molecular weight excluding hydrogens is 401 g/mol. The van der Waals surface area contributed by atoms with E-state index in [0.29, 0.717) is 4.88 Å². The van der Waals surface area contributed by atoms with E-state index in [4.69, 9.17) is 0 Å². The summed E-state index contributed by atoms with van der Waals surface area (Å²) in [7, 11) is 0. The smallest absolute Gasteiger partial charge is 0.339 e. The minimum Gasteiger partial charge on any atom is -0.339 e. The molecule has 3 rings (SSSR count). The summed E-state index contributed by atoms with van der Waals surface area (Å²) < 4.78 is 38.7.